The molecule has 4 rings (SSSR count). The second-order valence-electron chi connectivity index (χ2n) is 5.45. The maximum Gasteiger partial charge on any atom is 0.174 e. The van der Waals surface area contributed by atoms with Gasteiger partial charge in [-0.1, -0.05) is 30.3 Å². The lowest BCUT2D eigenvalue weighted by atomic mass is 9.76. The van der Waals surface area contributed by atoms with Crippen LogP contribution in [-0.2, 0) is 14.3 Å². The summed E-state index contributed by atoms with van der Waals surface area (Å²) in [5.41, 5.74) is 2.85. The average Bonchev–Trinajstić information content (AvgIpc) is 2.55. The predicted octanol–water partition coefficient (Wildman–Crippen LogP) is 2.73. The fourth-order valence-electron chi connectivity index (χ4n) is 3.25. The number of Topliss-reactive ketones (excluding diaryl/α,β-unsaturated/α-hetero) is 1. The van der Waals surface area contributed by atoms with Crippen molar-refractivity contribution in [1.29, 1.82) is 0 Å². The van der Waals surface area contributed by atoms with E-state index < -0.39 is 0 Å². The maximum atomic E-state index is 12.2. The first-order valence-corrected chi connectivity index (χ1v) is 7.16. The Morgan fingerprint density at radius 2 is 2.05 bits per heavy atom. The molecule has 1 aliphatic carbocycles. The maximum absolute atomic E-state index is 12.2. The minimum Gasteiger partial charge on any atom is -0.492 e. The molecule has 0 bridgehead atoms. The van der Waals surface area contributed by atoms with Crippen LogP contribution >= 0.6 is 0 Å². The van der Waals surface area contributed by atoms with Crippen molar-refractivity contribution in [3.63, 3.8) is 0 Å². The van der Waals surface area contributed by atoms with Gasteiger partial charge >= 0.3 is 0 Å². The molecule has 2 heterocycles. The zero-order chi connectivity index (χ0) is 14.2. The van der Waals surface area contributed by atoms with Crippen LogP contribution in [0.25, 0.3) is 0 Å². The van der Waals surface area contributed by atoms with E-state index in [4.69, 9.17) is 9.47 Å². The number of ether oxygens (including phenoxy) is 2. The van der Waals surface area contributed by atoms with Crippen LogP contribution in [-0.4, -0.2) is 24.9 Å². The summed E-state index contributed by atoms with van der Waals surface area (Å²) in [5.74, 6) is 1.000. The van der Waals surface area contributed by atoms with Gasteiger partial charge in [0.25, 0.3) is 0 Å². The van der Waals surface area contributed by atoms with Crippen molar-refractivity contribution >= 4 is 12.2 Å². The number of carbonyl (C=O) groups excluding carboxylic acids is 1. The Kier molecular flexibility index (Phi) is 2.88. The van der Waals surface area contributed by atoms with Gasteiger partial charge in [0.15, 0.2) is 12.2 Å². The Hall–Kier alpha value is -2.36. The van der Waals surface area contributed by atoms with Crippen LogP contribution in [0.1, 0.15) is 24.3 Å². The summed E-state index contributed by atoms with van der Waals surface area (Å²) in [5, 5.41) is 0. The van der Waals surface area contributed by atoms with Crippen molar-refractivity contribution in [2.45, 2.75) is 24.9 Å². The molecule has 0 saturated carbocycles. The van der Waals surface area contributed by atoms with Crippen molar-refractivity contribution in [3.8, 4) is 0 Å². The van der Waals surface area contributed by atoms with Gasteiger partial charge < -0.3 is 9.47 Å². The van der Waals surface area contributed by atoms with E-state index in [1.54, 1.807) is 6.20 Å². The highest BCUT2D eigenvalue weighted by Crippen LogP contribution is 2.44. The molecule has 0 fully saturated rings. The Morgan fingerprint density at radius 3 is 2.90 bits per heavy atom. The molecule has 0 spiro atoms. The molecule has 1 aromatic carbocycles. The molecule has 0 amide bonds. The lowest BCUT2D eigenvalue weighted by molar-refractivity contribution is -0.118. The molecule has 4 heteroatoms. The number of nitrogens with zero attached hydrogens (tertiary/aromatic N) is 1. The molecular weight excluding hydrogens is 266 g/mol. The normalized spacial score (nSPS) is 27.2. The number of fused-ring (bicyclic) bond motifs is 2. The quantitative estimate of drug-likeness (QED) is 0.795. The first-order valence-electron chi connectivity index (χ1n) is 7.16. The van der Waals surface area contributed by atoms with E-state index in [0.717, 1.165) is 11.1 Å². The number of hydrogen-bond donors (Lipinski definition) is 0. The number of benzene rings is 1. The molecular formula is C17H15NO3. The van der Waals surface area contributed by atoms with Gasteiger partial charge in [-0.15, -0.1) is 0 Å². The van der Waals surface area contributed by atoms with E-state index in [1.165, 1.54) is 12.0 Å². The molecule has 2 atom stereocenters. The topological polar surface area (TPSA) is 47.9 Å². The number of aliphatic imine (C=N–C) groups is 1. The van der Waals surface area contributed by atoms with Gasteiger partial charge in [-0.25, -0.2) is 4.99 Å². The van der Waals surface area contributed by atoms with Crippen LogP contribution in [0.2, 0.25) is 0 Å². The van der Waals surface area contributed by atoms with Crippen LogP contribution in [0.5, 0.6) is 0 Å². The summed E-state index contributed by atoms with van der Waals surface area (Å²) < 4.78 is 11.5. The number of allylic oxidation sites excluding steroid dienone is 1. The zero-order valence-electron chi connectivity index (χ0n) is 11.5. The molecule has 1 aromatic rings. The van der Waals surface area contributed by atoms with Gasteiger partial charge in [0.1, 0.15) is 11.9 Å². The summed E-state index contributed by atoms with van der Waals surface area (Å²) in [6, 6.07) is 10.2. The van der Waals surface area contributed by atoms with E-state index >= 15 is 0 Å². The van der Waals surface area contributed by atoms with Crippen molar-refractivity contribution in [3.05, 3.63) is 59.0 Å². The summed E-state index contributed by atoms with van der Waals surface area (Å²) in [7, 11) is 0. The summed E-state index contributed by atoms with van der Waals surface area (Å²) in [4.78, 5) is 16.3. The van der Waals surface area contributed by atoms with Gasteiger partial charge in [0.05, 0.1) is 12.2 Å². The van der Waals surface area contributed by atoms with Crippen molar-refractivity contribution in [1.82, 2.24) is 0 Å². The predicted molar refractivity (Wildman–Crippen MR) is 77.9 cm³/mol. The fourth-order valence-corrected chi connectivity index (χ4v) is 3.25. The molecule has 0 radical (unpaired) electrons. The minimum absolute atomic E-state index is 0.119. The summed E-state index contributed by atoms with van der Waals surface area (Å²) >= 11 is 0. The monoisotopic (exact) mass is 281 g/mol. The Labute approximate surface area is 122 Å². The van der Waals surface area contributed by atoms with Crippen LogP contribution in [0.3, 0.4) is 0 Å². The SMILES string of the molecule is O=C1CCOC2=C1CC(c1ccccc1)C1OC=NC=C21. The van der Waals surface area contributed by atoms with E-state index in [-0.39, 0.29) is 17.8 Å². The van der Waals surface area contributed by atoms with E-state index in [2.05, 4.69) is 17.1 Å². The Bertz CT molecular complexity index is 673. The fraction of sp³-hybridized carbons (Fsp3) is 0.294. The Balaban J connectivity index is 1.82. The molecule has 21 heavy (non-hydrogen) atoms. The van der Waals surface area contributed by atoms with Gasteiger partial charge in [-0.3, -0.25) is 4.79 Å². The highest BCUT2D eigenvalue weighted by atomic mass is 16.5. The number of ketones is 1. The first kappa shape index (κ1) is 12.4. The van der Waals surface area contributed by atoms with Gasteiger partial charge in [0, 0.05) is 24.1 Å². The highest BCUT2D eigenvalue weighted by molar-refractivity contribution is 5.98. The van der Waals surface area contributed by atoms with Gasteiger partial charge in [0.2, 0.25) is 0 Å². The Morgan fingerprint density at radius 1 is 1.19 bits per heavy atom. The third-order valence-electron chi connectivity index (χ3n) is 4.25. The first-order chi connectivity index (χ1) is 10.3. The number of hydrogen-bond acceptors (Lipinski definition) is 4. The minimum atomic E-state index is -0.130. The highest BCUT2D eigenvalue weighted by Gasteiger charge is 2.41. The molecule has 0 saturated heterocycles. The lowest BCUT2D eigenvalue weighted by Crippen LogP contribution is -2.35. The van der Waals surface area contributed by atoms with Crippen molar-refractivity contribution < 1.29 is 14.3 Å². The third-order valence-corrected chi connectivity index (χ3v) is 4.25. The summed E-state index contributed by atoms with van der Waals surface area (Å²) in [6.07, 6.45) is 4.23. The molecule has 2 aliphatic heterocycles. The standard InChI is InChI=1S/C17H15NO3/c19-15-6-7-20-17-13(15)8-12(11-4-2-1-3-5-11)16-14(17)9-18-10-21-16/h1-5,9-10,12,16H,6-8H2. The second-order valence-corrected chi connectivity index (χ2v) is 5.45. The summed E-state index contributed by atoms with van der Waals surface area (Å²) in [6.45, 7) is 0.446. The largest absolute Gasteiger partial charge is 0.492 e. The zero-order valence-corrected chi connectivity index (χ0v) is 11.5. The van der Waals surface area contributed by atoms with Gasteiger partial charge in [-0.2, -0.15) is 0 Å². The van der Waals surface area contributed by atoms with Crippen LogP contribution in [0, 0.1) is 0 Å². The average molecular weight is 281 g/mol. The van der Waals surface area contributed by atoms with E-state index in [1.807, 2.05) is 18.2 Å². The van der Waals surface area contributed by atoms with Crippen molar-refractivity contribution in [2.75, 3.05) is 6.61 Å². The molecule has 0 N–H and O–H groups in total. The molecule has 2 unspecified atom stereocenters. The number of carbonyl (C=O) groups is 1. The smallest absolute Gasteiger partial charge is 0.174 e. The van der Waals surface area contributed by atoms with Crippen LogP contribution in [0.15, 0.2) is 58.4 Å². The number of rotatable bonds is 1. The lowest BCUT2D eigenvalue weighted by Gasteiger charge is -2.37. The molecule has 0 aromatic heterocycles. The molecule has 4 nitrogen and oxygen atoms in total. The van der Waals surface area contributed by atoms with Crippen LogP contribution in [0.4, 0.5) is 0 Å². The third kappa shape index (κ3) is 1.98. The van der Waals surface area contributed by atoms with Gasteiger partial charge in [-0.05, 0) is 12.0 Å². The molecule has 3 aliphatic rings. The van der Waals surface area contributed by atoms with E-state index in [9.17, 15) is 4.79 Å². The second kappa shape index (κ2) is 4.88. The van der Waals surface area contributed by atoms with Crippen molar-refractivity contribution in [2.24, 2.45) is 4.99 Å². The van der Waals surface area contributed by atoms with Crippen LogP contribution < -0.4 is 0 Å². The molecule has 106 valence electrons. The van der Waals surface area contributed by atoms with E-state index in [0.29, 0.717) is 25.2 Å².